The van der Waals surface area contributed by atoms with Crippen LogP contribution in [-0.2, 0) is 11.2 Å². The van der Waals surface area contributed by atoms with Crippen molar-refractivity contribution < 1.29 is 9.90 Å². The third-order valence-corrected chi connectivity index (χ3v) is 4.29. The van der Waals surface area contributed by atoms with E-state index in [1.807, 2.05) is 38.1 Å². The van der Waals surface area contributed by atoms with Crippen LogP contribution in [0, 0.1) is 0 Å². The van der Waals surface area contributed by atoms with Crippen LogP contribution in [0.15, 0.2) is 28.7 Å². The standard InChI is InChI=1S/C14H15BrN2O2S/c1-8(2)12-16-13(20-17-12)11(14(18)19)7-9-3-5-10(15)6-4-9/h3-6,8,11H,7H2,1-2H3,(H,18,19). The van der Waals surface area contributed by atoms with Gasteiger partial charge >= 0.3 is 5.97 Å². The highest BCUT2D eigenvalue weighted by Gasteiger charge is 2.25. The van der Waals surface area contributed by atoms with Gasteiger partial charge in [-0.25, -0.2) is 4.98 Å². The average molecular weight is 355 g/mol. The number of aliphatic carboxylic acids is 1. The van der Waals surface area contributed by atoms with Gasteiger partial charge < -0.3 is 5.11 Å². The number of aromatic nitrogens is 2. The topological polar surface area (TPSA) is 63.1 Å². The van der Waals surface area contributed by atoms with Crippen LogP contribution >= 0.6 is 27.5 Å². The zero-order chi connectivity index (χ0) is 14.7. The molecule has 0 spiro atoms. The van der Waals surface area contributed by atoms with Gasteiger partial charge in [-0.3, -0.25) is 4.79 Å². The largest absolute Gasteiger partial charge is 0.481 e. The fourth-order valence-corrected chi connectivity index (χ4v) is 2.91. The summed E-state index contributed by atoms with van der Waals surface area (Å²) in [5, 5.41) is 9.99. The highest BCUT2D eigenvalue weighted by Crippen LogP contribution is 2.25. The minimum atomic E-state index is -0.862. The zero-order valence-electron chi connectivity index (χ0n) is 11.2. The van der Waals surface area contributed by atoms with E-state index in [9.17, 15) is 9.90 Å². The number of carboxylic acid groups (broad SMARTS) is 1. The van der Waals surface area contributed by atoms with Crippen molar-refractivity contribution in [1.82, 2.24) is 9.36 Å². The highest BCUT2D eigenvalue weighted by atomic mass is 79.9. The summed E-state index contributed by atoms with van der Waals surface area (Å²) >= 11 is 4.55. The van der Waals surface area contributed by atoms with Crippen molar-refractivity contribution in [3.8, 4) is 0 Å². The van der Waals surface area contributed by atoms with Crippen molar-refractivity contribution >= 4 is 33.4 Å². The normalized spacial score (nSPS) is 12.6. The van der Waals surface area contributed by atoms with E-state index < -0.39 is 11.9 Å². The van der Waals surface area contributed by atoms with Gasteiger partial charge in [-0.15, -0.1) is 0 Å². The molecule has 6 heteroatoms. The molecular weight excluding hydrogens is 340 g/mol. The van der Waals surface area contributed by atoms with Crippen LogP contribution in [0.3, 0.4) is 0 Å². The fourth-order valence-electron chi connectivity index (χ4n) is 1.76. The Kier molecular flexibility index (Phi) is 4.88. The fraction of sp³-hybridized carbons (Fsp3) is 0.357. The number of carbonyl (C=O) groups is 1. The molecule has 2 aromatic rings. The Balaban J connectivity index is 2.22. The molecule has 1 aromatic carbocycles. The molecule has 0 saturated carbocycles. The summed E-state index contributed by atoms with van der Waals surface area (Å²) in [6, 6.07) is 7.66. The predicted octanol–water partition coefficient (Wildman–Crippen LogP) is 3.83. The molecule has 0 bridgehead atoms. The monoisotopic (exact) mass is 354 g/mol. The van der Waals surface area contributed by atoms with E-state index in [4.69, 9.17) is 0 Å². The molecule has 20 heavy (non-hydrogen) atoms. The Bertz CT molecular complexity index is 595. The van der Waals surface area contributed by atoms with E-state index in [0.717, 1.165) is 10.0 Å². The number of benzene rings is 1. The van der Waals surface area contributed by atoms with E-state index in [1.54, 1.807) is 0 Å². The molecule has 0 aliphatic rings. The van der Waals surface area contributed by atoms with Gasteiger partial charge in [0.25, 0.3) is 0 Å². The van der Waals surface area contributed by atoms with Crippen molar-refractivity contribution in [3.63, 3.8) is 0 Å². The van der Waals surface area contributed by atoms with Gasteiger partial charge in [0.05, 0.1) is 0 Å². The van der Waals surface area contributed by atoms with Crippen LogP contribution in [0.2, 0.25) is 0 Å². The number of nitrogens with zero attached hydrogens (tertiary/aromatic N) is 2. The van der Waals surface area contributed by atoms with Gasteiger partial charge in [-0.2, -0.15) is 4.37 Å². The minimum absolute atomic E-state index is 0.210. The number of halogens is 1. The van der Waals surface area contributed by atoms with Gasteiger partial charge in [0.2, 0.25) is 0 Å². The Morgan fingerprint density at radius 2 is 2.00 bits per heavy atom. The molecule has 1 unspecified atom stereocenters. The third kappa shape index (κ3) is 3.64. The molecule has 1 N–H and O–H groups in total. The second-order valence-electron chi connectivity index (χ2n) is 4.87. The smallest absolute Gasteiger partial charge is 0.313 e. The number of rotatable bonds is 5. The lowest BCUT2D eigenvalue weighted by Gasteiger charge is -2.09. The first kappa shape index (κ1) is 15.1. The maximum absolute atomic E-state index is 11.5. The van der Waals surface area contributed by atoms with Crippen molar-refractivity contribution in [1.29, 1.82) is 0 Å². The first-order valence-corrected chi connectivity index (χ1v) is 7.84. The average Bonchev–Trinajstić information content (AvgIpc) is 2.87. The molecule has 1 atom stereocenters. The minimum Gasteiger partial charge on any atom is -0.481 e. The van der Waals surface area contributed by atoms with Crippen molar-refractivity contribution in [2.24, 2.45) is 0 Å². The van der Waals surface area contributed by atoms with Gasteiger partial charge in [0.15, 0.2) is 0 Å². The lowest BCUT2D eigenvalue weighted by molar-refractivity contribution is -0.138. The quantitative estimate of drug-likeness (QED) is 0.885. The first-order chi connectivity index (χ1) is 9.47. The summed E-state index contributed by atoms with van der Waals surface area (Å²) in [5.74, 6) is -0.574. The SMILES string of the molecule is CC(C)c1nsc(C(Cc2ccc(Br)cc2)C(=O)O)n1. The molecule has 0 saturated heterocycles. The Hall–Kier alpha value is -1.27. The highest BCUT2D eigenvalue weighted by molar-refractivity contribution is 9.10. The molecule has 0 fully saturated rings. The second kappa shape index (κ2) is 6.45. The van der Waals surface area contributed by atoms with Gasteiger partial charge in [-0.1, -0.05) is 41.9 Å². The summed E-state index contributed by atoms with van der Waals surface area (Å²) in [6.45, 7) is 3.99. The van der Waals surface area contributed by atoms with E-state index in [0.29, 0.717) is 17.3 Å². The zero-order valence-corrected chi connectivity index (χ0v) is 13.6. The molecular formula is C14H15BrN2O2S. The van der Waals surface area contributed by atoms with Crippen LogP contribution in [0.4, 0.5) is 0 Å². The van der Waals surface area contributed by atoms with Gasteiger partial charge in [0, 0.05) is 10.4 Å². The molecule has 1 aromatic heterocycles. The van der Waals surface area contributed by atoms with Crippen LogP contribution in [0.1, 0.15) is 42.1 Å². The van der Waals surface area contributed by atoms with Gasteiger partial charge in [-0.05, 0) is 35.6 Å². The number of hydrogen-bond donors (Lipinski definition) is 1. The van der Waals surface area contributed by atoms with Crippen LogP contribution in [0.5, 0.6) is 0 Å². The van der Waals surface area contributed by atoms with Crippen molar-refractivity contribution in [2.45, 2.75) is 32.1 Å². The van der Waals surface area contributed by atoms with Crippen LogP contribution in [0.25, 0.3) is 0 Å². The molecule has 0 amide bonds. The van der Waals surface area contributed by atoms with E-state index in [-0.39, 0.29) is 5.92 Å². The lowest BCUT2D eigenvalue weighted by Crippen LogP contribution is -2.14. The summed E-state index contributed by atoms with van der Waals surface area (Å²) in [4.78, 5) is 15.8. The molecule has 106 valence electrons. The summed E-state index contributed by atoms with van der Waals surface area (Å²) in [6.07, 6.45) is 0.426. The Morgan fingerprint density at radius 1 is 1.35 bits per heavy atom. The van der Waals surface area contributed by atoms with E-state index >= 15 is 0 Å². The molecule has 0 aliphatic carbocycles. The van der Waals surface area contributed by atoms with Crippen LogP contribution in [-0.4, -0.2) is 20.4 Å². The van der Waals surface area contributed by atoms with Crippen molar-refractivity contribution in [3.05, 3.63) is 45.1 Å². The molecule has 4 nitrogen and oxygen atoms in total. The van der Waals surface area contributed by atoms with E-state index in [2.05, 4.69) is 25.3 Å². The molecule has 0 aliphatic heterocycles. The first-order valence-electron chi connectivity index (χ1n) is 6.28. The molecule has 2 rings (SSSR count). The van der Waals surface area contributed by atoms with Crippen LogP contribution < -0.4 is 0 Å². The second-order valence-corrected chi connectivity index (χ2v) is 6.57. The summed E-state index contributed by atoms with van der Waals surface area (Å²) in [7, 11) is 0. The van der Waals surface area contributed by atoms with Gasteiger partial charge in [0.1, 0.15) is 16.7 Å². The molecule has 1 heterocycles. The maximum atomic E-state index is 11.5. The van der Waals surface area contributed by atoms with Crippen molar-refractivity contribution in [2.75, 3.05) is 0 Å². The number of carboxylic acids is 1. The Labute approximate surface area is 130 Å². The van der Waals surface area contributed by atoms with E-state index in [1.165, 1.54) is 11.5 Å². The summed E-state index contributed by atoms with van der Waals surface area (Å²) < 4.78 is 5.21. The predicted molar refractivity (Wildman–Crippen MR) is 82.2 cm³/mol. The number of hydrogen-bond acceptors (Lipinski definition) is 4. The molecule has 0 radical (unpaired) electrons. The Morgan fingerprint density at radius 3 is 2.50 bits per heavy atom. The third-order valence-electron chi connectivity index (χ3n) is 2.92. The lowest BCUT2D eigenvalue weighted by atomic mass is 10.00. The maximum Gasteiger partial charge on any atom is 0.313 e. The summed E-state index contributed by atoms with van der Waals surface area (Å²) in [5.41, 5.74) is 0.974.